The molecule has 4 atom stereocenters. The summed E-state index contributed by atoms with van der Waals surface area (Å²) >= 11 is 13.7. The fourth-order valence-electron chi connectivity index (χ4n) is 6.81. The number of aromatic nitrogens is 1. The molecule has 3 aliphatic heterocycles. The fraction of sp³-hybridized carbons (Fsp3) is 0.438. The molecule has 4 heterocycles. The first-order chi connectivity index (χ1) is 21.1. The predicted molar refractivity (Wildman–Crippen MR) is 178 cm³/mol. The van der Waals surface area contributed by atoms with Crippen LogP contribution in [0.3, 0.4) is 0 Å². The number of nitrogens with one attached hydrogen (secondary N) is 4. The number of fused-ring (bicyclic) bond motifs is 2. The van der Waals surface area contributed by atoms with Gasteiger partial charge >= 0.3 is 0 Å². The van der Waals surface area contributed by atoms with Gasteiger partial charge in [0.15, 0.2) is 0 Å². The molecule has 4 N–H and O–H groups in total. The summed E-state index contributed by atoms with van der Waals surface area (Å²) in [6, 6.07) is 15.1. The van der Waals surface area contributed by atoms with E-state index in [4.69, 9.17) is 27.9 Å². The lowest BCUT2D eigenvalue weighted by atomic mass is 9.69. The van der Waals surface area contributed by atoms with E-state index in [0.717, 1.165) is 54.3 Å². The molecular formula is C32H37BCl2N8O. The molecule has 228 valence electrons. The number of likely N-dealkylation sites (tertiary alicyclic amines) is 1. The third kappa shape index (κ3) is 5.25. The van der Waals surface area contributed by atoms with E-state index in [1.165, 1.54) is 0 Å². The molecule has 0 spiro atoms. The van der Waals surface area contributed by atoms with Gasteiger partial charge in [0.2, 0.25) is 0 Å². The average molecular weight is 631 g/mol. The number of hydrogen-bond acceptors (Lipinski definition) is 9. The van der Waals surface area contributed by atoms with Crippen LogP contribution in [0.5, 0.6) is 0 Å². The zero-order chi connectivity index (χ0) is 30.8. The third-order valence-electron chi connectivity index (χ3n) is 9.41. The highest BCUT2D eigenvalue weighted by Gasteiger charge is 2.60. The van der Waals surface area contributed by atoms with E-state index < -0.39 is 5.44 Å². The van der Waals surface area contributed by atoms with Crippen molar-refractivity contribution < 1.29 is 4.74 Å². The number of piperidine rings is 1. The largest absolute Gasteiger partial charge is 0.383 e. The van der Waals surface area contributed by atoms with E-state index in [0.29, 0.717) is 51.6 Å². The summed E-state index contributed by atoms with van der Waals surface area (Å²) < 4.78 is 5.42. The standard InChI is InChI=1S/C32H37BCl2N8O/c1-31(2,3)17-38-28-18(10-36)11-37-29-21(28)8-19(9-26(29)35)39-32(33,24-6-4-5-7-25(24)34)27-14-43(41-40-27)30-22-12-42(13-23(22)30)20-15-44-16-20/h4-9,11,14,20,22-23,30,39-41H,12-13,15-17,33H2,1-3H3,(H,37,38)/t22-,23+,30+,32?. The van der Waals surface area contributed by atoms with Crippen molar-refractivity contribution in [3.8, 4) is 6.07 Å². The Morgan fingerprint density at radius 1 is 1.14 bits per heavy atom. The molecule has 12 heteroatoms. The lowest BCUT2D eigenvalue weighted by Crippen LogP contribution is -2.50. The number of benzene rings is 2. The van der Waals surface area contributed by atoms with E-state index in [9.17, 15) is 5.26 Å². The van der Waals surface area contributed by atoms with Gasteiger partial charge in [0, 0.05) is 48.1 Å². The minimum Gasteiger partial charge on any atom is -0.383 e. The fourth-order valence-corrected chi connectivity index (χ4v) is 7.40. The normalized spacial score (nSPS) is 24.6. The Morgan fingerprint density at radius 3 is 2.55 bits per heavy atom. The third-order valence-corrected chi connectivity index (χ3v) is 10.0. The quantitative estimate of drug-likeness (QED) is 0.272. The van der Waals surface area contributed by atoms with E-state index in [1.807, 2.05) is 36.4 Å². The molecule has 2 aromatic carbocycles. The first-order valence-electron chi connectivity index (χ1n) is 15.2. The van der Waals surface area contributed by atoms with Gasteiger partial charge in [-0.15, -0.1) is 5.53 Å². The predicted octanol–water partition coefficient (Wildman–Crippen LogP) is 4.26. The van der Waals surface area contributed by atoms with Crippen LogP contribution in [-0.2, 0) is 10.2 Å². The number of hydrogen-bond donors (Lipinski definition) is 4. The number of hydrazine groups is 2. The van der Waals surface area contributed by atoms with E-state index in [-0.39, 0.29) is 5.41 Å². The number of rotatable bonds is 8. The molecule has 7 rings (SSSR count). The van der Waals surface area contributed by atoms with Crippen LogP contribution in [0.2, 0.25) is 10.0 Å². The highest BCUT2D eigenvalue weighted by atomic mass is 35.5. The molecular weight excluding hydrogens is 594 g/mol. The smallest absolute Gasteiger partial charge is 0.148 e. The van der Waals surface area contributed by atoms with E-state index in [1.54, 1.807) is 6.20 Å². The van der Waals surface area contributed by atoms with E-state index in [2.05, 4.69) is 77.4 Å². The number of anilines is 2. The van der Waals surface area contributed by atoms with E-state index >= 15 is 0 Å². The van der Waals surface area contributed by atoms with Crippen molar-refractivity contribution in [2.45, 2.75) is 38.3 Å². The van der Waals surface area contributed by atoms with Gasteiger partial charge in [-0.25, -0.2) is 0 Å². The minimum absolute atomic E-state index is 0.00798. The summed E-state index contributed by atoms with van der Waals surface area (Å²) in [4.78, 5) is 7.12. The first kappa shape index (κ1) is 29.5. The molecule has 1 aliphatic carbocycles. The monoisotopic (exact) mass is 630 g/mol. The van der Waals surface area contributed by atoms with Crippen LogP contribution in [-0.4, -0.2) is 67.7 Å². The maximum absolute atomic E-state index is 9.92. The van der Waals surface area contributed by atoms with Crippen molar-refractivity contribution in [1.82, 2.24) is 25.9 Å². The summed E-state index contributed by atoms with van der Waals surface area (Å²) in [5, 5.41) is 21.3. The minimum atomic E-state index is -0.754. The second kappa shape index (κ2) is 11.0. The number of pyridine rings is 1. The average Bonchev–Trinajstić information content (AvgIpc) is 3.27. The van der Waals surface area contributed by atoms with Gasteiger partial charge in [0.25, 0.3) is 0 Å². The Bertz CT molecular complexity index is 1670. The van der Waals surface area contributed by atoms with Crippen molar-refractivity contribution in [3.05, 3.63) is 75.7 Å². The van der Waals surface area contributed by atoms with Gasteiger partial charge < -0.3 is 20.8 Å². The Labute approximate surface area is 269 Å². The van der Waals surface area contributed by atoms with Crippen molar-refractivity contribution >= 4 is 53.3 Å². The molecule has 4 aliphatic rings. The molecule has 1 aromatic heterocycles. The zero-order valence-electron chi connectivity index (χ0n) is 25.4. The molecule has 0 amide bonds. The lowest BCUT2D eigenvalue weighted by molar-refractivity contribution is -0.0625. The van der Waals surface area contributed by atoms with Crippen LogP contribution >= 0.6 is 23.2 Å². The molecule has 0 bridgehead atoms. The Balaban J connectivity index is 1.22. The summed E-state index contributed by atoms with van der Waals surface area (Å²) in [6.07, 6.45) is 3.75. The maximum atomic E-state index is 9.92. The molecule has 1 unspecified atom stereocenters. The summed E-state index contributed by atoms with van der Waals surface area (Å²) in [5.74, 6) is 1.28. The van der Waals surface area contributed by atoms with Gasteiger partial charge in [-0.1, -0.05) is 62.2 Å². The van der Waals surface area contributed by atoms with Crippen molar-refractivity contribution in [3.63, 3.8) is 0 Å². The first-order valence-corrected chi connectivity index (χ1v) is 15.9. The summed E-state index contributed by atoms with van der Waals surface area (Å²) in [6.45, 7) is 11.1. The van der Waals surface area contributed by atoms with Gasteiger partial charge in [-0.05, 0) is 41.0 Å². The Kier molecular flexibility index (Phi) is 7.38. The van der Waals surface area contributed by atoms with Crippen LogP contribution in [0.1, 0.15) is 31.9 Å². The van der Waals surface area contributed by atoms with Gasteiger partial charge in [0.1, 0.15) is 13.9 Å². The number of nitrogens with zero attached hydrogens (tertiary/aromatic N) is 4. The molecule has 3 aromatic rings. The number of nitriles is 1. The second-order valence-electron chi connectivity index (χ2n) is 13.8. The number of halogens is 2. The second-order valence-corrected chi connectivity index (χ2v) is 14.6. The van der Waals surface area contributed by atoms with Gasteiger partial charge in [-0.2, -0.15) is 5.26 Å². The van der Waals surface area contributed by atoms with Gasteiger partial charge in [0.05, 0.1) is 58.2 Å². The van der Waals surface area contributed by atoms with Crippen LogP contribution < -0.4 is 21.6 Å². The Morgan fingerprint density at radius 2 is 1.89 bits per heavy atom. The summed E-state index contributed by atoms with van der Waals surface area (Å²) in [5.41, 5.74) is 10.6. The molecule has 3 fully saturated rings. The van der Waals surface area contributed by atoms with Crippen LogP contribution in [0.4, 0.5) is 11.4 Å². The molecule has 0 radical (unpaired) electrons. The zero-order valence-corrected chi connectivity index (χ0v) is 26.9. The van der Waals surface area contributed by atoms with Crippen molar-refractivity contribution in [2.24, 2.45) is 17.3 Å². The molecule has 44 heavy (non-hydrogen) atoms. The lowest BCUT2D eigenvalue weighted by Gasteiger charge is -2.36. The van der Waals surface area contributed by atoms with Gasteiger partial charge in [-0.3, -0.25) is 14.9 Å². The number of ether oxygens (including phenoxy) is 1. The Hall–Kier alpha value is -3.20. The van der Waals surface area contributed by atoms with Crippen LogP contribution in [0, 0.1) is 28.6 Å². The molecule has 9 nitrogen and oxygen atoms in total. The van der Waals surface area contributed by atoms with Crippen molar-refractivity contribution in [1.29, 1.82) is 5.26 Å². The topological polar surface area (TPSA) is 101 Å². The van der Waals surface area contributed by atoms with Crippen molar-refractivity contribution in [2.75, 3.05) is 43.5 Å². The van der Waals surface area contributed by atoms with Crippen LogP contribution in [0.15, 0.2) is 54.5 Å². The van der Waals surface area contributed by atoms with Crippen LogP contribution in [0.25, 0.3) is 10.9 Å². The maximum Gasteiger partial charge on any atom is 0.148 e. The molecule has 2 saturated heterocycles. The molecule has 1 saturated carbocycles. The summed E-state index contributed by atoms with van der Waals surface area (Å²) in [7, 11) is 2.12. The SMILES string of the molecule is BC(Nc1cc(Cl)c2ncc(C#N)c(NCC(C)(C)C)c2c1)(C1=CN([C@H]2[C@@H]3CN(C4COC4)C[C@@H]32)NN1)c1ccccc1Cl. The highest BCUT2D eigenvalue weighted by Crippen LogP contribution is 2.50. The highest BCUT2D eigenvalue weighted by molar-refractivity contribution is 6.36.